The fraction of sp³-hybridized carbons (Fsp3) is 0.300. The van der Waals surface area contributed by atoms with Crippen molar-refractivity contribution in [3.05, 3.63) is 64.5 Å². The Hall–Kier alpha value is -3.22. The monoisotopic (exact) mass is 364 g/mol. The predicted molar refractivity (Wildman–Crippen MR) is 101 cm³/mol. The molecule has 4 rings (SSSR count). The topological polar surface area (TPSA) is 88.1 Å². The van der Waals surface area contributed by atoms with Crippen LogP contribution in [0, 0.1) is 5.92 Å². The lowest BCUT2D eigenvalue weighted by atomic mass is 9.92. The summed E-state index contributed by atoms with van der Waals surface area (Å²) in [6.45, 7) is 0.913. The normalized spacial score (nSPS) is 17.2. The maximum absolute atomic E-state index is 13.1. The number of rotatable bonds is 3. The van der Waals surface area contributed by atoms with Gasteiger partial charge in [0.2, 0.25) is 11.3 Å². The quantitative estimate of drug-likeness (QED) is 0.720. The van der Waals surface area contributed by atoms with E-state index >= 15 is 0 Å². The molecule has 2 aromatic heterocycles. The van der Waals surface area contributed by atoms with E-state index in [1.54, 1.807) is 35.0 Å². The Morgan fingerprint density at radius 2 is 2.07 bits per heavy atom. The number of carbonyl (C=O) groups excluding carboxylic acids is 2. The van der Waals surface area contributed by atoms with Crippen molar-refractivity contribution in [1.29, 1.82) is 0 Å². The summed E-state index contributed by atoms with van der Waals surface area (Å²) in [7, 11) is 1.79. The standard InChI is InChI=1S/C20H20N4O3/c1-23-10-8-21-19(23)18(26)13-5-4-9-24(12-13)20(27)15-11-17(25)22-16-7-3-2-6-14(15)16/h2-3,6-8,10-11,13H,4-5,9,12H2,1H3,(H,22,25). The number of pyridine rings is 1. The minimum absolute atomic E-state index is 0.0456. The number of likely N-dealkylation sites (tertiary alicyclic amines) is 1. The maximum Gasteiger partial charge on any atom is 0.254 e. The molecule has 1 N–H and O–H groups in total. The number of ketones is 1. The number of nitrogens with one attached hydrogen (secondary N) is 1. The molecule has 0 bridgehead atoms. The van der Waals surface area contributed by atoms with Crippen LogP contribution in [-0.4, -0.2) is 44.2 Å². The van der Waals surface area contributed by atoms with Crippen molar-refractivity contribution >= 4 is 22.6 Å². The third-order valence-electron chi connectivity index (χ3n) is 5.10. The number of aryl methyl sites for hydroxylation is 1. The van der Waals surface area contributed by atoms with Crippen LogP contribution >= 0.6 is 0 Å². The molecule has 0 spiro atoms. The summed E-state index contributed by atoms with van der Waals surface area (Å²) in [5, 5.41) is 0.708. The first kappa shape index (κ1) is 17.2. The number of benzene rings is 1. The molecule has 7 nitrogen and oxygen atoms in total. The van der Waals surface area contributed by atoms with Crippen LogP contribution in [0.25, 0.3) is 10.9 Å². The minimum Gasteiger partial charge on any atom is -0.338 e. The second-order valence-corrected chi connectivity index (χ2v) is 6.91. The average Bonchev–Trinajstić information content (AvgIpc) is 3.12. The molecule has 1 saturated heterocycles. The number of hydrogen-bond acceptors (Lipinski definition) is 4. The number of Topliss-reactive ketones (excluding diaryl/α,β-unsaturated/α-hetero) is 1. The lowest BCUT2D eigenvalue weighted by molar-refractivity contribution is 0.0634. The molecule has 7 heteroatoms. The minimum atomic E-state index is -0.310. The van der Waals surface area contributed by atoms with Crippen LogP contribution in [0.15, 0.2) is 47.5 Å². The van der Waals surface area contributed by atoms with Crippen LogP contribution < -0.4 is 5.56 Å². The van der Waals surface area contributed by atoms with Gasteiger partial charge in [0.1, 0.15) is 0 Å². The number of carbonyl (C=O) groups is 2. The number of H-pyrrole nitrogens is 1. The van der Waals surface area contributed by atoms with Gasteiger partial charge in [-0.25, -0.2) is 4.98 Å². The van der Waals surface area contributed by atoms with Gasteiger partial charge in [0, 0.05) is 55.4 Å². The molecule has 1 aromatic carbocycles. The third-order valence-corrected chi connectivity index (χ3v) is 5.10. The predicted octanol–water partition coefficient (Wildman–Crippen LogP) is 2.00. The number of hydrogen-bond donors (Lipinski definition) is 1. The second kappa shape index (κ2) is 6.83. The molecule has 138 valence electrons. The van der Waals surface area contributed by atoms with E-state index in [4.69, 9.17) is 0 Å². The lowest BCUT2D eigenvalue weighted by Gasteiger charge is -2.32. The van der Waals surface area contributed by atoms with Crippen molar-refractivity contribution < 1.29 is 9.59 Å². The SMILES string of the molecule is Cn1ccnc1C(=O)C1CCCN(C(=O)c2cc(=O)[nH]c3ccccc23)C1. The highest BCUT2D eigenvalue weighted by Crippen LogP contribution is 2.23. The second-order valence-electron chi connectivity index (χ2n) is 6.91. The number of fused-ring (bicyclic) bond motifs is 1. The van der Waals surface area contributed by atoms with Crippen molar-refractivity contribution in [1.82, 2.24) is 19.4 Å². The van der Waals surface area contributed by atoms with Gasteiger partial charge >= 0.3 is 0 Å². The smallest absolute Gasteiger partial charge is 0.254 e. The average molecular weight is 364 g/mol. The Morgan fingerprint density at radius 1 is 1.26 bits per heavy atom. The van der Waals surface area contributed by atoms with E-state index in [0.29, 0.717) is 35.4 Å². The Balaban J connectivity index is 1.62. The largest absolute Gasteiger partial charge is 0.338 e. The number of imidazole rings is 1. The molecule has 3 aromatic rings. The number of nitrogens with zero attached hydrogens (tertiary/aromatic N) is 3. The molecule has 27 heavy (non-hydrogen) atoms. The van der Waals surface area contributed by atoms with E-state index in [1.807, 2.05) is 18.2 Å². The Labute approximate surface area is 155 Å². The van der Waals surface area contributed by atoms with Gasteiger partial charge in [0.25, 0.3) is 5.91 Å². The molecule has 1 atom stereocenters. The highest BCUT2D eigenvalue weighted by molar-refractivity contribution is 6.06. The molecule has 1 unspecified atom stereocenters. The molecule has 1 aliphatic heterocycles. The summed E-state index contributed by atoms with van der Waals surface area (Å²) < 4.78 is 1.70. The van der Waals surface area contributed by atoms with Gasteiger partial charge in [0.15, 0.2) is 5.82 Å². The highest BCUT2D eigenvalue weighted by Gasteiger charge is 2.31. The molecule has 1 fully saturated rings. The first-order chi connectivity index (χ1) is 13.0. The van der Waals surface area contributed by atoms with Gasteiger partial charge in [-0.05, 0) is 18.9 Å². The first-order valence-electron chi connectivity index (χ1n) is 8.97. The summed E-state index contributed by atoms with van der Waals surface area (Å²) in [5.41, 5.74) is 0.695. The summed E-state index contributed by atoms with van der Waals surface area (Å²) in [6.07, 6.45) is 4.81. The molecule has 3 heterocycles. The summed E-state index contributed by atoms with van der Waals surface area (Å²) in [6, 6.07) is 8.58. The Kier molecular flexibility index (Phi) is 4.35. The van der Waals surface area contributed by atoms with Crippen LogP contribution in [0.2, 0.25) is 0 Å². The fourth-order valence-corrected chi connectivity index (χ4v) is 3.71. The Bertz CT molecular complexity index is 1080. The molecule has 1 aliphatic rings. The first-order valence-corrected chi connectivity index (χ1v) is 8.97. The number of amides is 1. The van der Waals surface area contributed by atoms with E-state index in [9.17, 15) is 14.4 Å². The van der Waals surface area contributed by atoms with Crippen LogP contribution in [0.4, 0.5) is 0 Å². The highest BCUT2D eigenvalue weighted by atomic mass is 16.2. The molecule has 1 amide bonds. The molecular formula is C20H20N4O3. The van der Waals surface area contributed by atoms with Crippen molar-refractivity contribution in [3.63, 3.8) is 0 Å². The van der Waals surface area contributed by atoms with Crippen LogP contribution in [0.3, 0.4) is 0 Å². The van der Waals surface area contributed by atoms with Gasteiger partial charge in [-0.15, -0.1) is 0 Å². The van der Waals surface area contributed by atoms with E-state index in [2.05, 4.69) is 9.97 Å². The lowest BCUT2D eigenvalue weighted by Crippen LogP contribution is -2.43. The van der Waals surface area contributed by atoms with Gasteiger partial charge < -0.3 is 14.5 Å². The number of aromatic amines is 1. The zero-order valence-corrected chi connectivity index (χ0v) is 15.0. The van der Waals surface area contributed by atoms with E-state index in [0.717, 1.165) is 12.8 Å². The van der Waals surface area contributed by atoms with Gasteiger partial charge in [-0.2, -0.15) is 0 Å². The van der Waals surface area contributed by atoms with Gasteiger partial charge in [-0.3, -0.25) is 14.4 Å². The van der Waals surface area contributed by atoms with Gasteiger partial charge in [-0.1, -0.05) is 18.2 Å². The van der Waals surface area contributed by atoms with Crippen molar-refractivity contribution in [2.45, 2.75) is 12.8 Å². The molecule has 0 saturated carbocycles. The zero-order valence-electron chi connectivity index (χ0n) is 15.0. The molecular weight excluding hydrogens is 344 g/mol. The third kappa shape index (κ3) is 3.16. The summed E-state index contributed by atoms with van der Waals surface area (Å²) in [4.78, 5) is 46.4. The van der Waals surface area contributed by atoms with Crippen LogP contribution in [0.5, 0.6) is 0 Å². The summed E-state index contributed by atoms with van der Waals surface area (Å²) >= 11 is 0. The van der Waals surface area contributed by atoms with E-state index in [1.165, 1.54) is 6.07 Å². The Morgan fingerprint density at radius 3 is 2.85 bits per heavy atom. The molecule has 0 aliphatic carbocycles. The molecule has 0 radical (unpaired) electrons. The zero-order chi connectivity index (χ0) is 19.0. The van der Waals surface area contributed by atoms with Crippen molar-refractivity contribution in [2.24, 2.45) is 13.0 Å². The number of piperidine rings is 1. The number of para-hydroxylation sites is 1. The van der Waals surface area contributed by atoms with Crippen LogP contribution in [0.1, 0.15) is 33.8 Å². The van der Waals surface area contributed by atoms with E-state index < -0.39 is 0 Å². The maximum atomic E-state index is 13.1. The van der Waals surface area contributed by atoms with Crippen LogP contribution in [-0.2, 0) is 7.05 Å². The van der Waals surface area contributed by atoms with Crippen molar-refractivity contribution in [2.75, 3.05) is 13.1 Å². The van der Waals surface area contributed by atoms with E-state index in [-0.39, 0.29) is 23.2 Å². The fourth-order valence-electron chi connectivity index (χ4n) is 3.71. The summed E-state index contributed by atoms with van der Waals surface area (Å²) in [5.74, 6) is -0.127. The van der Waals surface area contributed by atoms with Gasteiger partial charge in [0.05, 0.1) is 5.56 Å². The number of aromatic nitrogens is 3. The van der Waals surface area contributed by atoms with Crippen molar-refractivity contribution in [3.8, 4) is 0 Å².